The molecule has 1 aliphatic heterocycles. The molecule has 3 aromatic rings. The minimum Gasteiger partial charge on any atom is -0.490 e. The van der Waals surface area contributed by atoms with Crippen LogP contribution in [0.4, 0.5) is 5.13 Å². The first kappa shape index (κ1) is 24.5. The molecule has 1 N–H and O–H groups in total. The number of thiazole rings is 1. The average Bonchev–Trinajstić information content (AvgIpc) is 3.27. The minimum atomic E-state index is -0.314. The van der Waals surface area contributed by atoms with Gasteiger partial charge in [0.25, 0.3) is 11.8 Å². The van der Waals surface area contributed by atoms with Crippen LogP contribution < -0.4 is 19.5 Å². The maximum absolute atomic E-state index is 13.4. The number of anilines is 1. The zero-order chi connectivity index (χ0) is 24.8. The predicted octanol–water partition coefficient (Wildman–Crippen LogP) is 4.19. The molecule has 1 aromatic carbocycles. The highest BCUT2D eigenvalue weighted by atomic mass is 32.1. The van der Waals surface area contributed by atoms with Gasteiger partial charge in [-0.25, -0.2) is 4.98 Å². The number of hydrogen-bond donors (Lipinski definition) is 1. The molecule has 0 unspecified atom stereocenters. The summed E-state index contributed by atoms with van der Waals surface area (Å²) in [5, 5.41) is 3.31. The van der Waals surface area contributed by atoms with Gasteiger partial charge in [0, 0.05) is 29.6 Å². The Bertz CT molecular complexity index is 1170. The van der Waals surface area contributed by atoms with E-state index in [4.69, 9.17) is 14.2 Å². The standard InChI is InChI=1S/C25H28N4O5S/c1-4-32-19-13-16(14-20(33-5-2)22(19)34-6-3)24(31)29-12-10-17-21(15-29)35-25(27-17)28-23(30)18-9-7-8-11-26-18/h7-9,11,13-14H,4-6,10,12,15H2,1-3H3,(H,27,28,30). The summed E-state index contributed by atoms with van der Waals surface area (Å²) in [6.45, 7) is 7.89. The van der Waals surface area contributed by atoms with Crippen LogP contribution in [0.5, 0.6) is 17.2 Å². The lowest BCUT2D eigenvalue weighted by Gasteiger charge is -2.27. The number of rotatable bonds is 9. The van der Waals surface area contributed by atoms with Crippen LogP contribution in [0.25, 0.3) is 0 Å². The molecular formula is C25H28N4O5S. The van der Waals surface area contributed by atoms with Crippen LogP contribution in [-0.4, -0.2) is 53.0 Å². The van der Waals surface area contributed by atoms with E-state index in [-0.39, 0.29) is 11.8 Å². The number of pyridine rings is 1. The predicted molar refractivity (Wildman–Crippen MR) is 133 cm³/mol. The number of nitrogens with one attached hydrogen (secondary N) is 1. The Kier molecular flexibility index (Phi) is 7.81. The van der Waals surface area contributed by atoms with Gasteiger partial charge in [0.05, 0.1) is 32.1 Å². The van der Waals surface area contributed by atoms with Crippen molar-refractivity contribution in [3.63, 3.8) is 0 Å². The Balaban J connectivity index is 1.53. The number of carbonyl (C=O) groups excluding carboxylic acids is 2. The highest BCUT2D eigenvalue weighted by Gasteiger charge is 2.27. The number of amides is 2. The highest BCUT2D eigenvalue weighted by Crippen LogP contribution is 2.40. The zero-order valence-corrected chi connectivity index (χ0v) is 20.8. The minimum absolute atomic E-state index is 0.131. The second-order valence-electron chi connectivity index (χ2n) is 7.64. The number of ether oxygens (including phenoxy) is 3. The molecule has 184 valence electrons. The summed E-state index contributed by atoms with van der Waals surface area (Å²) < 4.78 is 17.3. The van der Waals surface area contributed by atoms with Crippen molar-refractivity contribution in [2.45, 2.75) is 33.7 Å². The molecule has 2 amide bonds. The van der Waals surface area contributed by atoms with Gasteiger partial charge in [-0.2, -0.15) is 0 Å². The molecule has 0 saturated heterocycles. The molecule has 3 heterocycles. The Hall–Kier alpha value is -3.66. The van der Waals surface area contributed by atoms with Gasteiger partial charge < -0.3 is 19.1 Å². The Morgan fingerprint density at radius 2 is 1.77 bits per heavy atom. The van der Waals surface area contributed by atoms with Crippen LogP contribution in [-0.2, 0) is 13.0 Å². The second-order valence-corrected chi connectivity index (χ2v) is 8.72. The van der Waals surface area contributed by atoms with E-state index >= 15 is 0 Å². The largest absolute Gasteiger partial charge is 0.490 e. The third-order valence-corrected chi connectivity index (χ3v) is 6.29. The third kappa shape index (κ3) is 5.54. The lowest BCUT2D eigenvalue weighted by atomic mass is 10.1. The average molecular weight is 497 g/mol. The van der Waals surface area contributed by atoms with Crippen molar-refractivity contribution in [3.05, 3.63) is 58.4 Å². The topological polar surface area (TPSA) is 103 Å². The van der Waals surface area contributed by atoms with Crippen molar-refractivity contribution in [2.75, 3.05) is 31.7 Å². The molecule has 1 aliphatic rings. The molecule has 9 nitrogen and oxygen atoms in total. The van der Waals surface area contributed by atoms with Crippen molar-refractivity contribution < 1.29 is 23.8 Å². The quantitative estimate of drug-likeness (QED) is 0.474. The Morgan fingerprint density at radius 1 is 1.06 bits per heavy atom. The molecule has 35 heavy (non-hydrogen) atoms. The summed E-state index contributed by atoms with van der Waals surface area (Å²) in [5.74, 6) is 1.03. The molecule has 4 rings (SSSR count). The van der Waals surface area contributed by atoms with E-state index in [1.165, 1.54) is 11.3 Å². The number of nitrogens with zero attached hydrogens (tertiary/aromatic N) is 3. The number of benzene rings is 1. The van der Waals surface area contributed by atoms with Crippen LogP contribution in [0.2, 0.25) is 0 Å². The first-order chi connectivity index (χ1) is 17.0. The van der Waals surface area contributed by atoms with Gasteiger partial charge in [-0.1, -0.05) is 17.4 Å². The van der Waals surface area contributed by atoms with Crippen LogP contribution in [0.3, 0.4) is 0 Å². The van der Waals surface area contributed by atoms with Crippen LogP contribution >= 0.6 is 11.3 Å². The van der Waals surface area contributed by atoms with Gasteiger partial charge in [-0.15, -0.1) is 0 Å². The maximum atomic E-state index is 13.4. The molecule has 10 heteroatoms. The second kappa shape index (κ2) is 11.2. The third-order valence-electron chi connectivity index (χ3n) is 5.29. The molecule has 2 aromatic heterocycles. The molecule has 0 radical (unpaired) electrons. The fourth-order valence-corrected chi connectivity index (χ4v) is 4.79. The number of carbonyl (C=O) groups is 2. The molecule has 0 saturated carbocycles. The van der Waals surface area contributed by atoms with Gasteiger partial charge in [0.1, 0.15) is 5.69 Å². The van der Waals surface area contributed by atoms with Crippen molar-refractivity contribution in [1.29, 1.82) is 0 Å². The smallest absolute Gasteiger partial charge is 0.276 e. The molecule has 0 aliphatic carbocycles. The summed E-state index contributed by atoms with van der Waals surface area (Å²) >= 11 is 1.37. The van der Waals surface area contributed by atoms with E-state index in [0.29, 0.717) is 73.0 Å². The van der Waals surface area contributed by atoms with Crippen molar-refractivity contribution in [2.24, 2.45) is 0 Å². The Labute approximate surface area is 208 Å². The van der Waals surface area contributed by atoms with Crippen molar-refractivity contribution >= 4 is 28.3 Å². The van der Waals surface area contributed by atoms with Crippen LogP contribution in [0.1, 0.15) is 52.2 Å². The molecule has 0 atom stereocenters. The monoisotopic (exact) mass is 496 g/mol. The summed E-state index contributed by atoms with van der Waals surface area (Å²) in [6, 6.07) is 8.57. The zero-order valence-electron chi connectivity index (χ0n) is 20.0. The normalized spacial score (nSPS) is 12.6. The summed E-state index contributed by atoms with van der Waals surface area (Å²) in [7, 11) is 0. The maximum Gasteiger partial charge on any atom is 0.276 e. The van der Waals surface area contributed by atoms with Gasteiger partial charge >= 0.3 is 0 Å². The van der Waals surface area contributed by atoms with E-state index in [9.17, 15) is 9.59 Å². The van der Waals surface area contributed by atoms with E-state index in [2.05, 4.69) is 15.3 Å². The van der Waals surface area contributed by atoms with Gasteiger partial charge in [-0.05, 0) is 45.0 Å². The lowest BCUT2D eigenvalue weighted by Crippen LogP contribution is -2.35. The number of hydrogen-bond acceptors (Lipinski definition) is 8. The van der Waals surface area contributed by atoms with Gasteiger partial charge in [0.15, 0.2) is 16.6 Å². The first-order valence-corrected chi connectivity index (χ1v) is 12.4. The molecule has 0 bridgehead atoms. The number of fused-ring (bicyclic) bond motifs is 1. The molecule has 0 fully saturated rings. The molecule has 0 spiro atoms. The summed E-state index contributed by atoms with van der Waals surface area (Å²) in [5.41, 5.74) is 1.69. The first-order valence-electron chi connectivity index (χ1n) is 11.6. The summed E-state index contributed by atoms with van der Waals surface area (Å²) in [6.07, 6.45) is 2.17. The van der Waals surface area contributed by atoms with Crippen molar-refractivity contribution in [3.8, 4) is 17.2 Å². The fraction of sp³-hybridized carbons (Fsp3) is 0.360. The lowest BCUT2D eigenvalue weighted by molar-refractivity contribution is 0.0735. The fourth-order valence-electron chi connectivity index (χ4n) is 3.78. The van der Waals surface area contributed by atoms with E-state index < -0.39 is 0 Å². The van der Waals surface area contributed by atoms with Crippen LogP contribution in [0, 0.1) is 0 Å². The Morgan fingerprint density at radius 3 is 2.40 bits per heavy atom. The van der Waals surface area contributed by atoms with Crippen molar-refractivity contribution in [1.82, 2.24) is 14.9 Å². The van der Waals surface area contributed by atoms with Gasteiger partial charge in [0.2, 0.25) is 5.75 Å². The van der Waals surface area contributed by atoms with Crippen LogP contribution in [0.15, 0.2) is 36.5 Å². The van der Waals surface area contributed by atoms with E-state index in [1.807, 2.05) is 20.8 Å². The van der Waals surface area contributed by atoms with Gasteiger partial charge in [-0.3, -0.25) is 19.9 Å². The SMILES string of the molecule is CCOc1cc(C(=O)N2CCc3nc(NC(=O)c4ccccn4)sc3C2)cc(OCC)c1OCC. The molecular weight excluding hydrogens is 468 g/mol. The van der Waals surface area contributed by atoms with E-state index in [0.717, 1.165) is 10.6 Å². The number of aromatic nitrogens is 2. The summed E-state index contributed by atoms with van der Waals surface area (Å²) in [4.78, 5) is 37.2. The van der Waals surface area contributed by atoms with E-state index in [1.54, 1.807) is 41.4 Å². The highest BCUT2D eigenvalue weighted by molar-refractivity contribution is 7.15.